The molecule has 2 heterocycles. The average Bonchev–Trinajstić information content (AvgIpc) is 2.66. The second-order valence-electron chi connectivity index (χ2n) is 5.20. The number of hydrogen-bond acceptors (Lipinski definition) is 1. The molecular weight excluding hydrogens is 316 g/mol. The van der Waals surface area contributed by atoms with Crippen molar-refractivity contribution >= 4 is 27.5 Å². The van der Waals surface area contributed by atoms with Crippen molar-refractivity contribution < 1.29 is 4.79 Å². The molecule has 1 aromatic carbocycles. The summed E-state index contributed by atoms with van der Waals surface area (Å²) in [4.78, 5) is 14.8. The van der Waals surface area contributed by atoms with Crippen LogP contribution in [-0.4, -0.2) is 17.0 Å². The minimum Gasteiger partial charge on any atom is -0.345 e. The second-order valence-corrected chi connectivity index (χ2v) is 6.11. The molecule has 0 saturated carbocycles. The van der Waals surface area contributed by atoms with Crippen molar-refractivity contribution in [1.82, 2.24) is 4.57 Å². The number of aryl methyl sites for hydroxylation is 2. The molecule has 0 spiro atoms. The maximum Gasteiger partial charge on any atom is 0.274 e. The number of halogens is 1. The van der Waals surface area contributed by atoms with E-state index in [9.17, 15) is 4.79 Å². The number of rotatable bonds is 1. The van der Waals surface area contributed by atoms with Crippen LogP contribution in [0.5, 0.6) is 0 Å². The van der Waals surface area contributed by atoms with Gasteiger partial charge >= 0.3 is 0 Å². The molecule has 4 heteroatoms. The van der Waals surface area contributed by atoms with Crippen LogP contribution >= 0.6 is 15.9 Å². The standard InChI is InChI=1S/C16H17BrN2O/c1-18-11-13(17)10-15(18)16(20)19-9-5-4-7-12-6-2-3-8-14(12)19/h2-3,6,8,10-11H,4-5,7,9H2,1H3. The first-order valence-electron chi connectivity index (χ1n) is 6.88. The third-order valence-corrected chi connectivity index (χ3v) is 4.23. The minimum atomic E-state index is 0.0764. The number of para-hydroxylation sites is 1. The minimum absolute atomic E-state index is 0.0764. The Kier molecular flexibility index (Phi) is 3.66. The Morgan fingerprint density at radius 2 is 2.05 bits per heavy atom. The van der Waals surface area contributed by atoms with Crippen molar-refractivity contribution in [3.8, 4) is 0 Å². The summed E-state index contributed by atoms with van der Waals surface area (Å²) in [5.41, 5.74) is 3.05. The number of anilines is 1. The highest BCUT2D eigenvalue weighted by Crippen LogP contribution is 2.28. The van der Waals surface area contributed by atoms with Crippen LogP contribution in [0, 0.1) is 0 Å². The van der Waals surface area contributed by atoms with Gasteiger partial charge in [0, 0.05) is 29.9 Å². The van der Waals surface area contributed by atoms with E-state index in [1.165, 1.54) is 5.56 Å². The zero-order valence-electron chi connectivity index (χ0n) is 11.5. The van der Waals surface area contributed by atoms with Gasteiger partial charge in [0.25, 0.3) is 5.91 Å². The summed E-state index contributed by atoms with van der Waals surface area (Å²) >= 11 is 3.43. The van der Waals surface area contributed by atoms with E-state index in [1.54, 1.807) is 0 Å². The topological polar surface area (TPSA) is 25.2 Å². The molecule has 3 nitrogen and oxygen atoms in total. The van der Waals surface area contributed by atoms with Gasteiger partial charge in [-0.05, 0) is 52.9 Å². The second kappa shape index (κ2) is 5.44. The fourth-order valence-electron chi connectivity index (χ4n) is 2.78. The molecule has 0 fully saturated rings. The van der Waals surface area contributed by atoms with Crippen LogP contribution in [0.15, 0.2) is 41.0 Å². The fraction of sp³-hybridized carbons (Fsp3) is 0.312. The van der Waals surface area contributed by atoms with Crippen LogP contribution in [0.2, 0.25) is 0 Å². The number of nitrogens with zero attached hydrogens (tertiary/aromatic N) is 2. The molecule has 1 aliphatic rings. The van der Waals surface area contributed by atoms with Gasteiger partial charge in [-0.15, -0.1) is 0 Å². The first-order chi connectivity index (χ1) is 9.66. The summed E-state index contributed by atoms with van der Waals surface area (Å²) in [6.07, 6.45) is 5.15. The smallest absolute Gasteiger partial charge is 0.274 e. The van der Waals surface area contributed by atoms with Gasteiger partial charge in [-0.2, -0.15) is 0 Å². The lowest BCUT2D eigenvalue weighted by atomic mass is 10.1. The Hall–Kier alpha value is -1.55. The molecule has 1 aliphatic heterocycles. The van der Waals surface area contributed by atoms with E-state index < -0.39 is 0 Å². The molecule has 1 amide bonds. The zero-order valence-corrected chi connectivity index (χ0v) is 13.1. The van der Waals surface area contributed by atoms with E-state index in [0.29, 0.717) is 5.69 Å². The molecular formula is C16H17BrN2O. The molecule has 1 aromatic heterocycles. The first-order valence-corrected chi connectivity index (χ1v) is 7.68. The van der Waals surface area contributed by atoms with Crippen LogP contribution in [0.4, 0.5) is 5.69 Å². The van der Waals surface area contributed by atoms with E-state index >= 15 is 0 Å². The molecule has 0 N–H and O–H groups in total. The molecule has 0 unspecified atom stereocenters. The van der Waals surface area contributed by atoms with Crippen molar-refractivity contribution in [2.75, 3.05) is 11.4 Å². The third-order valence-electron chi connectivity index (χ3n) is 3.80. The Morgan fingerprint density at radius 1 is 1.25 bits per heavy atom. The summed E-state index contributed by atoms with van der Waals surface area (Å²) in [6, 6.07) is 10.1. The first kappa shape index (κ1) is 13.4. The summed E-state index contributed by atoms with van der Waals surface area (Å²) in [5, 5.41) is 0. The van der Waals surface area contributed by atoms with E-state index in [-0.39, 0.29) is 5.91 Å². The quantitative estimate of drug-likeness (QED) is 0.780. The summed E-state index contributed by atoms with van der Waals surface area (Å²) in [6.45, 7) is 0.790. The highest BCUT2D eigenvalue weighted by atomic mass is 79.9. The van der Waals surface area contributed by atoms with Gasteiger partial charge in [0.15, 0.2) is 0 Å². The van der Waals surface area contributed by atoms with Gasteiger partial charge < -0.3 is 9.47 Å². The number of benzene rings is 1. The van der Waals surface area contributed by atoms with Gasteiger partial charge in [-0.1, -0.05) is 18.2 Å². The van der Waals surface area contributed by atoms with Crippen LogP contribution in [0.25, 0.3) is 0 Å². The summed E-state index contributed by atoms with van der Waals surface area (Å²) in [5.74, 6) is 0.0764. The predicted octanol–water partition coefficient (Wildman–Crippen LogP) is 3.77. The molecule has 0 saturated heterocycles. The van der Waals surface area contributed by atoms with E-state index in [4.69, 9.17) is 0 Å². The monoisotopic (exact) mass is 332 g/mol. The summed E-state index contributed by atoms with van der Waals surface area (Å²) in [7, 11) is 1.90. The van der Waals surface area contributed by atoms with Crippen molar-refractivity contribution in [2.45, 2.75) is 19.3 Å². The van der Waals surface area contributed by atoms with Gasteiger partial charge in [0.05, 0.1) is 0 Å². The number of aromatic nitrogens is 1. The van der Waals surface area contributed by atoms with Crippen molar-refractivity contribution in [3.05, 3.63) is 52.3 Å². The molecule has 20 heavy (non-hydrogen) atoms. The van der Waals surface area contributed by atoms with Crippen LogP contribution in [-0.2, 0) is 13.5 Å². The highest BCUT2D eigenvalue weighted by molar-refractivity contribution is 9.10. The third kappa shape index (κ3) is 2.40. The number of carbonyl (C=O) groups excluding carboxylic acids is 1. The van der Waals surface area contributed by atoms with E-state index in [0.717, 1.165) is 36.0 Å². The molecule has 104 valence electrons. The average molecular weight is 333 g/mol. The van der Waals surface area contributed by atoms with Crippen LogP contribution in [0.1, 0.15) is 28.9 Å². The lowest BCUT2D eigenvalue weighted by Crippen LogP contribution is -2.32. The lowest BCUT2D eigenvalue weighted by molar-refractivity contribution is 0.0979. The predicted molar refractivity (Wildman–Crippen MR) is 84.2 cm³/mol. The number of hydrogen-bond donors (Lipinski definition) is 0. The Morgan fingerprint density at radius 3 is 2.80 bits per heavy atom. The number of carbonyl (C=O) groups is 1. The Bertz CT molecular complexity index is 648. The molecule has 3 rings (SSSR count). The van der Waals surface area contributed by atoms with Gasteiger partial charge in [0.1, 0.15) is 5.69 Å². The fourth-order valence-corrected chi connectivity index (χ4v) is 3.30. The Labute approximate surface area is 127 Å². The lowest BCUT2D eigenvalue weighted by Gasteiger charge is -2.23. The van der Waals surface area contributed by atoms with Crippen LogP contribution in [0.3, 0.4) is 0 Å². The van der Waals surface area contributed by atoms with Gasteiger partial charge in [0.2, 0.25) is 0 Å². The summed E-state index contributed by atoms with van der Waals surface area (Å²) < 4.78 is 2.81. The molecule has 2 aromatic rings. The maximum atomic E-state index is 12.8. The van der Waals surface area contributed by atoms with E-state index in [2.05, 4.69) is 28.1 Å². The van der Waals surface area contributed by atoms with Gasteiger partial charge in [-0.3, -0.25) is 4.79 Å². The zero-order chi connectivity index (χ0) is 14.1. The van der Waals surface area contributed by atoms with Gasteiger partial charge in [-0.25, -0.2) is 0 Å². The number of fused-ring (bicyclic) bond motifs is 1. The normalized spacial score (nSPS) is 14.8. The van der Waals surface area contributed by atoms with E-state index in [1.807, 2.05) is 40.9 Å². The van der Waals surface area contributed by atoms with Crippen molar-refractivity contribution in [3.63, 3.8) is 0 Å². The molecule has 0 bridgehead atoms. The highest BCUT2D eigenvalue weighted by Gasteiger charge is 2.23. The maximum absolute atomic E-state index is 12.8. The van der Waals surface area contributed by atoms with Crippen LogP contribution < -0.4 is 4.90 Å². The Balaban J connectivity index is 2.01. The van der Waals surface area contributed by atoms with Crippen molar-refractivity contribution in [2.24, 2.45) is 7.05 Å². The molecule has 0 aliphatic carbocycles. The largest absolute Gasteiger partial charge is 0.345 e. The van der Waals surface area contributed by atoms with Crippen molar-refractivity contribution in [1.29, 1.82) is 0 Å². The molecule has 0 atom stereocenters. The SMILES string of the molecule is Cn1cc(Br)cc1C(=O)N1CCCCc2ccccc21. The number of amides is 1. The molecule has 0 radical (unpaired) electrons.